The standard InChI is InChI=1S/C15H13F2NO2.C8H10AsNO5/c1-10(19)18-15-6-5-13(8-14(15)17)20-9-11-3-2-4-12(16)7-11;1-6(11)10-8-5-3-2-4-7(8)9(12,13)15-14/h2-8H,9H2,1H3,(H,18,19);2-5,14H,1H3,(H,10,11)(H,12,13). The van der Waals surface area contributed by atoms with Crippen LogP contribution in [0.1, 0.15) is 19.4 Å². The van der Waals surface area contributed by atoms with E-state index in [1.54, 1.807) is 18.2 Å². The first kappa shape index (κ1) is 27.7. The van der Waals surface area contributed by atoms with Gasteiger partial charge in [-0.15, -0.1) is 0 Å². The van der Waals surface area contributed by atoms with E-state index < -0.39 is 20.0 Å². The zero-order chi connectivity index (χ0) is 26.0. The second-order valence-electron chi connectivity index (χ2n) is 7.04. The molecule has 0 heterocycles. The van der Waals surface area contributed by atoms with Gasteiger partial charge in [-0.3, -0.25) is 4.79 Å². The first-order chi connectivity index (χ1) is 16.5. The molecule has 9 nitrogen and oxygen atoms in total. The molecule has 1 atom stereocenters. The van der Waals surface area contributed by atoms with Crippen LogP contribution in [0.2, 0.25) is 0 Å². The van der Waals surface area contributed by atoms with E-state index in [-0.39, 0.29) is 40.0 Å². The second-order valence-corrected chi connectivity index (χ2v) is 10.6. The van der Waals surface area contributed by atoms with Gasteiger partial charge in [-0.1, -0.05) is 12.1 Å². The molecule has 35 heavy (non-hydrogen) atoms. The molecule has 0 aromatic heterocycles. The molecule has 4 N–H and O–H groups in total. The number of carbonyl (C=O) groups excluding carboxylic acids is 2. The molecule has 0 saturated heterocycles. The Bertz CT molecular complexity index is 1240. The van der Waals surface area contributed by atoms with Crippen LogP contribution in [0.3, 0.4) is 0 Å². The third-order valence-electron chi connectivity index (χ3n) is 4.18. The Labute approximate surface area is 202 Å². The molecule has 0 saturated carbocycles. The summed E-state index contributed by atoms with van der Waals surface area (Å²) in [6.07, 6.45) is 0. The van der Waals surface area contributed by atoms with Crippen LogP contribution in [0.4, 0.5) is 20.2 Å². The summed E-state index contributed by atoms with van der Waals surface area (Å²) < 4.78 is 56.1. The van der Waals surface area contributed by atoms with Gasteiger partial charge in [0.1, 0.15) is 24.0 Å². The van der Waals surface area contributed by atoms with Crippen molar-refractivity contribution in [2.45, 2.75) is 20.5 Å². The van der Waals surface area contributed by atoms with Gasteiger partial charge in [0.2, 0.25) is 5.91 Å². The fourth-order valence-electron chi connectivity index (χ4n) is 2.73. The van der Waals surface area contributed by atoms with E-state index in [0.717, 1.165) is 0 Å². The van der Waals surface area contributed by atoms with Crippen LogP contribution < -0.4 is 19.7 Å². The van der Waals surface area contributed by atoms with Gasteiger partial charge in [0.25, 0.3) is 0 Å². The van der Waals surface area contributed by atoms with Crippen molar-refractivity contribution in [3.8, 4) is 5.75 Å². The van der Waals surface area contributed by atoms with Gasteiger partial charge in [0, 0.05) is 13.0 Å². The predicted molar refractivity (Wildman–Crippen MR) is 124 cm³/mol. The Kier molecular flexibility index (Phi) is 10.2. The molecule has 0 fully saturated rings. The van der Waals surface area contributed by atoms with Crippen molar-refractivity contribution in [3.63, 3.8) is 0 Å². The summed E-state index contributed by atoms with van der Waals surface area (Å²) in [5, 5.41) is 13.0. The zero-order valence-electron chi connectivity index (χ0n) is 18.7. The summed E-state index contributed by atoms with van der Waals surface area (Å²) in [6.45, 7) is 2.70. The van der Waals surface area contributed by atoms with E-state index in [1.807, 2.05) is 0 Å². The fourth-order valence-corrected chi connectivity index (χ4v) is 4.40. The number of rotatable bonds is 7. The van der Waals surface area contributed by atoms with E-state index in [1.165, 1.54) is 62.4 Å². The third kappa shape index (κ3) is 8.99. The van der Waals surface area contributed by atoms with Crippen LogP contribution in [0.25, 0.3) is 0 Å². The number of hydrogen-bond acceptors (Lipinski definition) is 6. The van der Waals surface area contributed by atoms with Gasteiger partial charge in [-0.05, 0) is 29.8 Å². The Balaban J connectivity index is 0.000000258. The van der Waals surface area contributed by atoms with Crippen LogP contribution >= 0.6 is 0 Å². The van der Waals surface area contributed by atoms with Crippen molar-refractivity contribution in [2.75, 3.05) is 10.6 Å². The Morgan fingerprint density at radius 3 is 2.17 bits per heavy atom. The van der Waals surface area contributed by atoms with Gasteiger partial charge >= 0.3 is 88.4 Å². The van der Waals surface area contributed by atoms with E-state index in [0.29, 0.717) is 11.3 Å². The SMILES string of the molecule is CC(=O)Nc1ccc(OCc2cccc(F)c2)cc1F.CC(=O)Nc1ccccc1[As](=O)(O)OO. The van der Waals surface area contributed by atoms with Crippen LogP contribution in [0.5, 0.6) is 5.75 Å². The number of para-hydroxylation sites is 1. The number of benzene rings is 3. The van der Waals surface area contributed by atoms with Gasteiger partial charge in [0.15, 0.2) is 0 Å². The van der Waals surface area contributed by atoms with Crippen LogP contribution in [0, 0.1) is 11.6 Å². The van der Waals surface area contributed by atoms with Crippen molar-refractivity contribution < 1.29 is 40.1 Å². The molecular formula is C23H23AsF2N2O7. The molecule has 186 valence electrons. The number of hydrogen-bond donors (Lipinski definition) is 4. The molecule has 1 unspecified atom stereocenters. The molecule has 3 aromatic carbocycles. The maximum atomic E-state index is 13.6. The first-order valence-corrected chi connectivity index (χ1v) is 13.3. The average Bonchev–Trinajstić information content (AvgIpc) is 2.79. The van der Waals surface area contributed by atoms with Crippen molar-refractivity contribution in [1.29, 1.82) is 0 Å². The molecule has 0 aliphatic rings. The second kappa shape index (κ2) is 12.8. The van der Waals surface area contributed by atoms with Gasteiger partial charge < -0.3 is 10.1 Å². The average molecular weight is 552 g/mol. The fraction of sp³-hybridized carbons (Fsp3) is 0.130. The quantitative estimate of drug-likeness (QED) is 0.201. The summed E-state index contributed by atoms with van der Waals surface area (Å²) in [6, 6.07) is 15.9. The summed E-state index contributed by atoms with van der Waals surface area (Å²) in [7, 11) is 0. The monoisotopic (exact) mass is 552 g/mol. The number of amides is 2. The van der Waals surface area contributed by atoms with Gasteiger partial charge in [-0.25, -0.2) is 8.78 Å². The topological polar surface area (TPSA) is 134 Å². The molecule has 0 bridgehead atoms. The number of halogens is 2. The van der Waals surface area contributed by atoms with Crippen LogP contribution in [-0.2, 0) is 23.8 Å². The van der Waals surface area contributed by atoms with E-state index in [2.05, 4.69) is 14.5 Å². The van der Waals surface area contributed by atoms with Crippen molar-refractivity contribution in [3.05, 3.63) is 83.9 Å². The minimum atomic E-state index is -4.92. The number of ether oxygens (including phenoxy) is 1. The molecule has 12 heteroatoms. The van der Waals surface area contributed by atoms with Crippen LogP contribution in [0.15, 0.2) is 66.7 Å². The van der Waals surface area contributed by atoms with Gasteiger partial charge in [-0.2, -0.15) is 0 Å². The van der Waals surface area contributed by atoms with Gasteiger partial charge in [0.05, 0.1) is 5.69 Å². The summed E-state index contributed by atoms with van der Waals surface area (Å²) in [4.78, 5) is 21.7. The molecule has 0 radical (unpaired) electrons. The van der Waals surface area contributed by atoms with E-state index in [4.69, 9.17) is 9.99 Å². The molecular weight excluding hydrogens is 529 g/mol. The summed E-state index contributed by atoms with van der Waals surface area (Å²) in [5.41, 5.74) is 0.899. The summed E-state index contributed by atoms with van der Waals surface area (Å²) in [5.74, 6) is -1.36. The molecule has 0 aliphatic heterocycles. The number of nitrogens with one attached hydrogen (secondary N) is 2. The molecule has 3 rings (SSSR count). The van der Waals surface area contributed by atoms with Crippen molar-refractivity contribution in [2.24, 2.45) is 0 Å². The van der Waals surface area contributed by atoms with Crippen LogP contribution in [-0.4, -0.2) is 35.3 Å². The molecule has 2 amide bonds. The molecule has 3 aromatic rings. The number of carbonyl (C=O) groups is 2. The number of anilines is 2. The first-order valence-electron chi connectivity index (χ1n) is 9.99. The molecule has 0 aliphatic carbocycles. The van der Waals surface area contributed by atoms with E-state index >= 15 is 0 Å². The van der Waals surface area contributed by atoms with Crippen molar-refractivity contribution >= 4 is 41.7 Å². The Morgan fingerprint density at radius 2 is 1.57 bits per heavy atom. The Hall–Kier alpha value is -3.50. The Morgan fingerprint density at radius 1 is 0.914 bits per heavy atom. The summed E-state index contributed by atoms with van der Waals surface area (Å²) >= 11 is -4.92. The minimum absolute atomic E-state index is 0.0932. The maximum absolute atomic E-state index is 13.6. The third-order valence-corrected chi connectivity index (χ3v) is 6.74. The zero-order valence-corrected chi connectivity index (χ0v) is 20.6. The van der Waals surface area contributed by atoms with E-state index in [9.17, 15) is 26.2 Å². The van der Waals surface area contributed by atoms with Crippen molar-refractivity contribution in [1.82, 2.24) is 0 Å². The predicted octanol–water partition coefficient (Wildman–Crippen LogP) is 3.21. The normalized spacial score (nSPS) is 11.9. The molecule has 0 spiro atoms.